The number of anilines is 1. The maximum Gasteiger partial charge on any atom is 0.0847 e. The summed E-state index contributed by atoms with van der Waals surface area (Å²) in [6.45, 7) is 2.57. The number of hydrogen-bond acceptors (Lipinski definition) is 2. The van der Waals surface area contributed by atoms with Crippen LogP contribution in [0.3, 0.4) is 0 Å². The number of rotatable bonds is 4. The lowest BCUT2D eigenvalue weighted by molar-refractivity contribution is 0.211. The average molecular weight is 253 g/mol. The summed E-state index contributed by atoms with van der Waals surface area (Å²) in [7, 11) is 2.03. The minimum atomic E-state index is -0.512. The molecule has 0 aliphatic rings. The molecule has 1 unspecified atom stereocenters. The highest BCUT2D eigenvalue weighted by Crippen LogP contribution is 2.23. The Hall–Kier alpha value is -1.19. The zero-order valence-corrected chi connectivity index (χ0v) is 10.8. The summed E-state index contributed by atoms with van der Waals surface area (Å²) in [6.07, 6.45) is 1.60. The standard InChI is InChI=1S/C13H17ClN2O/c1-9-8-16(2)13-5-10(3-4-12(9)13)15-7-11(17)6-14/h3-5,8,11,15,17H,6-7H2,1-2H3. The number of aromatic nitrogens is 1. The van der Waals surface area contributed by atoms with Gasteiger partial charge in [-0.3, -0.25) is 0 Å². The smallest absolute Gasteiger partial charge is 0.0847 e. The number of aryl methyl sites for hydroxylation is 2. The van der Waals surface area contributed by atoms with Crippen molar-refractivity contribution < 1.29 is 5.11 Å². The summed E-state index contributed by atoms with van der Waals surface area (Å²) < 4.78 is 2.10. The van der Waals surface area contributed by atoms with E-state index >= 15 is 0 Å². The van der Waals surface area contributed by atoms with E-state index in [9.17, 15) is 5.11 Å². The van der Waals surface area contributed by atoms with Crippen LogP contribution in [0.15, 0.2) is 24.4 Å². The van der Waals surface area contributed by atoms with E-state index in [4.69, 9.17) is 11.6 Å². The molecule has 0 saturated heterocycles. The van der Waals surface area contributed by atoms with Crippen molar-refractivity contribution in [2.24, 2.45) is 7.05 Å². The van der Waals surface area contributed by atoms with Gasteiger partial charge < -0.3 is 15.0 Å². The van der Waals surface area contributed by atoms with E-state index in [0.29, 0.717) is 6.54 Å². The number of halogens is 1. The van der Waals surface area contributed by atoms with Gasteiger partial charge in [0.25, 0.3) is 0 Å². The van der Waals surface area contributed by atoms with Crippen molar-refractivity contribution in [1.82, 2.24) is 4.57 Å². The molecule has 1 heterocycles. The van der Waals surface area contributed by atoms with E-state index in [2.05, 4.69) is 35.1 Å². The van der Waals surface area contributed by atoms with Gasteiger partial charge in [0.1, 0.15) is 0 Å². The molecule has 1 aromatic heterocycles. The predicted molar refractivity (Wildman–Crippen MR) is 72.9 cm³/mol. The van der Waals surface area contributed by atoms with Gasteiger partial charge in [0.15, 0.2) is 0 Å². The first-order chi connectivity index (χ1) is 8.11. The molecule has 0 radical (unpaired) electrons. The summed E-state index contributed by atoms with van der Waals surface area (Å²) in [5.74, 6) is 0.249. The number of alkyl halides is 1. The third kappa shape index (κ3) is 2.56. The van der Waals surface area contributed by atoms with Crippen molar-refractivity contribution in [2.45, 2.75) is 13.0 Å². The van der Waals surface area contributed by atoms with Crippen LogP contribution in [-0.4, -0.2) is 28.2 Å². The molecule has 0 bridgehead atoms. The number of benzene rings is 1. The molecule has 17 heavy (non-hydrogen) atoms. The maximum atomic E-state index is 9.39. The summed E-state index contributed by atoms with van der Waals surface area (Å²) in [4.78, 5) is 0. The second kappa shape index (κ2) is 4.98. The van der Waals surface area contributed by atoms with E-state index in [1.54, 1.807) is 0 Å². The Labute approximate surface area is 106 Å². The Kier molecular flexibility index (Phi) is 3.60. The van der Waals surface area contributed by atoms with Gasteiger partial charge in [-0.15, -0.1) is 11.6 Å². The SMILES string of the molecule is Cc1cn(C)c2cc(NCC(O)CCl)ccc12. The lowest BCUT2D eigenvalue weighted by Crippen LogP contribution is -2.20. The molecule has 4 heteroatoms. The monoisotopic (exact) mass is 252 g/mol. The summed E-state index contributed by atoms with van der Waals surface area (Å²) in [6, 6.07) is 6.21. The van der Waals surface area contributed by atoms with Gasteiger partial charge in [-0.05, 0) is 24.6 Å². The molecule has 1 aromatic carbocycles. The van der Waals surface area contributed by atoms with Crippen molar-refractivity contribution in [3.63, 3.8) is 0 Å². The number of nitrogens with one attached hydrogen (secondary N) is 1. The van der Waals surface area contributed by atoms with Crippen LogP contribution in [0.1, 0.15) is 5.56 Å². The lowest BCUT2D eigenvalue weighted by Gasteiger charge is -2.10. The van der Waals surface area contributed by atoms with E-state index < -0.39 is 6.10 Å². The van der Waals surface area contributed by atoms with E-state index in [1.165, 1.54) is 16.5 Å². The van der Waals surface area contributed by atoms with Gasteiger partial charge in [0.2, 0.25) is 0 Å². The van der Waals surface area contributed by atoms with Gasteiger partial charge in [-0.25, -0.2) is 0 Å². The van der Waals surface area contributed by atoms with Crippen LogP contribution in [0.4, 0.5) is 5.69 Å². The van der Waals surface area contributed by atoms with Gasteiger partial charge in [0, 0.05) is 30.9 Å². The normalized spacial score (nSPS) is 12.9. The minimum Gasteiger partial charge on any atom is -0.390 e. The molecular formula is C13H17ClN2O. The second-order valence-electron chi connectivity index (χ2n) is 4.34. The first-order valence-electron chi connectivity index (χ1n) is 5.65. The number of nitrogens with zero attached hydrogens (tertiary/aromatic N) is 1. The van der Waals surface area contributed by atoms with Crippen LogP contribution in [-0.2, 0) is 7.05 Å². The van der Waals surface area contributed by atoms with Crippen molar-refractivity contribution in [3.8, 4) is 0 Å². The number of aliphatic hydroxyl groups excluding tert-OH is 1. The molecule has 92 valence electrons. The zero-order valence-electron chi connectivity index (χ0n) is 10.1. The molecule has 0 spiro atoms. The highest BCUT2D eigenvalue weighted by Gasteiger charge is 2.05. The minimum absolute atomic E-state index is 0.249. The first-order valence-corrected chi connectivity index (χ1v) is 6.19. The molecule has 0 saturated carbocycles. The first kappa shape index (κ1) is 12.3. The average Bonchev–Trinajstić information content (AvgIpc) is 2.62. The van der Waals surface area contributed by atoms with Crippen molar-refractivity contribution >= 4 is 28.2 Å². The van der Waals surface area contributed by atoms with Crippen LogP contribution in [0.5, 0.6) is 0 Å². The van der Waals surface area contributed by atoms with Crippen LogP contribution in [0, 0.1) is 6.92 Å². The number of hydrogen-bond donors (Lipinski definition) is 2. The predicted octanol–water partition coefficient (Wildman–Crippen LogP) is 2.50. The van der Waals surface area contributed by atoms with Gasteiger partial charge in [-0.2, -0.15) is 0 Å². The Morgan fingerprint density at radius 1 is 1.47 bits per heavy atom. The van der Waals surface area contributed by atoms with Crippen LogP contribution in [0.25, 0.3) is 10.9 Å². The third-order valence-electron chi connectivity index (χ3n) is 2.91. The maximum absolute atomic E-state index is 9.39. The molecule has 2 rings (SSSR count). The Morgan fingerprint density at radius 3 is 2.94 bits per heavy atom. The Morgan fingerprint density at radius 2 is 2.24 bits per heavy atom. The lowest BCUT2D eigenvalue weighted by atomic mass is 10.2. The van der Waals surface area contributed by atoms with Gasteiger partial charge >= 0.3 is 0 Å². The summed E-state index contributed by atoms with van der Waals surface area (Å²) in [5, 5.41) is 13.8. The van der Waals surface area contributed by atoms with Crippen LogP contribution < -0.4 is 5.32 Å². The largest absolute Gasteiger partial charge is 0.390 e. The van der Waals surface area contributed by atoms with E-state index in [1.807, 2.05) is 13.1 Å². The Balaban J connectivity index is 2.22. The van der Waals surface area contributed by atoms with Crippen molar-refractivity contribution in [2.75, 3.05) is 17.7 Å². The quantitative estimate of drug-likeness (QED) is 0.821. The molecule has 0 amide bonds. The Bertz CT molecular complexity index is 521. The van der Waals surface area contributed by atoms with Crippen molar-refractivity contribution in [1.29, 1.82) is 0 Å². The van der Waals surface area contributed by atoms with Crippen LogP contribution >= 0.6 is 11.6 Å². The van der Waals surface area contributed by atoms with Gasteiger partial charge in [0.05, 0.1) is 17.5 Å². The number of aliphatic hydroxyl groups is 1. The fourth-order valence-corrected chi connectivity index (χ4v) is 2.10. The highest BCUT2D eigenvalue weighted by atomic mass is 35.5. The second-order valence-corrected chi connectivity index (χ2v) is 4.65. The van der Waals surface area contributed by atoms with Gasteiger partial charge in [-0.1, -0.05) is 6.07 Å². The van der Waals surface area contributed by atoms with Crippen LogP contribution in [0.2, 0.25) is 0 Å². The fourth-order valence-electron chi connectivity index (χ4n) is 1.99. The third-order valence-corrected chi connectivity index (χ3v) is 3.27. The fraction of sp³-hybridized carbons (Fsp3) is 0.385. The molecule has 3 nitrogen and oxygen atoms in total. The molecule has 2 N–H and O–H groups in total. The molecule has 0 aliphatic carbocycles. The number of fused-ring (bicyclic) bond motifs is 1. The topological polar surface area (TPSA) is 37.2 Å². The van der Waals surface area contributed by atoms with E-state index in [-0.39, 0.29) is 5.88 Å². The molecule has 0 aliphatic heterocycles. The van der Waals surface area contributed by atoms with Crippen molar-refractivity contribution in [3.05, 3.63) is 30.0 Å². The molecule has 2 aromatic rings. The molecular weight excluding hydrogens is 236 g/mol. The summed E-state index contributed by atoms with van der Waals surface area (Å²) >= 11 is 5.55. The van der Waals surface area contributed by atoms with E-state index in [0.717, 1.165) is 5.69 Å². The molecule has 1 atom stereocenters. The highest BCUT2D eigenvalue weighted by molar-refractivity contribution is 6.18. The summed E-state index contributed by atoms with van der Waals surface area (Å²) in [5.41, 5.74) is 3.46. The molecule has 0 fully saturated rings. The zero-order chi connectivity index (χ0) is 12.4.